The van der Waals surface area contributed by atoms with Crippen LogP contribution in [0.15, 0.2) is 6.20 Å². The lowest BCUT2D eigenvalue weighted by atomic mass is 9.86. The van der Waals surface area contributed by atoms with Gasteiger partial charge in [-0.05, 0) is 31.5 Å². The highest BCUT2D eigenvalue weighted by Crippen LogP contribution is 2.37. The summed E-state index contributed by atoms with van der Waals surface area (Å²) in [4.78, 5) is 5.06. The highest BCUT2D eigenvalue weighted by Gasteiger charge is 2.33. The minimum Gasteiger partial charge on any atom is -0.354 e. The molecule has 2 N–H and O–H groups in total. The van der Waals surface area contributed by atoms with Crippen LogP contribution in [0.4, 0.5) is 0 Å². The monoisotopic (exact) mass is 262 g/mol. The molecule has 1 fully saturated rings. The summed E-state index contributed by atoms with van der Waals surface area (Å²) in [5.41, 5.74) is 10.8. The van der Waals surface area contributed by atoms with Gasteiger partial charge in [0, 0.05) is 63.6 Å². The summed E-state index contributed by atoms with van der Waals surface area (Å²) in [6, 6.07) is 0.846. The van der Waals surface area contributed by atoms with E-state index in [-0.39, 0.29) is 0 Å². The van der Waals surface area contributed by atoms with Crippen molar-refractivity contribution in [3.05, 3.63) is 23.0 Å². The van der Waals surface area contributed by atoms with Crippen LogP contribution in [0, 0.1) is 6.92 Å². The molecule has 2 atom stereocenters. The Morgan fingerprint density at radius 1 is 1.16 bits per heavy atom. The summed E-state index contributed by atoms with van der Waals surface area (Å²) in [5.74, 6) is 0. The van der Waals surface area contributed by atoms with E-state index in [9.17, 15) is 0 Å². The lowest BCUT2D eigenvalue weighted by molar-refractivity contribution is 0.0983. The van der Waals surface area contributed by atoms with Crippen LogP contribution in [0.5, 0.6) is 0 Å². The van der Waals surface area contributed by atoms with Crippen molar-refractivity contribution in [1.29, 1.82) is 0 Å². The van der Waals surface area contributed by atoms with Gasteiger partial charge in [-0.1, -0.05) is 0 Å². The van der Waals surface area contributed by atoms with Crippen LogP contribution < -0.4 is 5.73 Å². The van der Waals surface area contributed by atoms with Crippen molar-refractivity contribution in [3.8, 4) is 0 Å². The zero-order valence-corrected chi connectivity index (χ0v) is 12.4. The van der Waals surface area contributed by atoms with Crippen LogP contribution in [0.25, 0.3) is 0 Å². The van der Waals surface area contributed by atoms with Crippen LogP contribution in [0.1, 0.15) is 29.3 Å². The zero-order chi connectivity index (χ0) is 13.6. The smallest absolute Gasteiger partial charge is 0.0384 e. The van der Waals surface area contributed by atoms with Gasteiger partial charge in [0.05, 0.1) is 0 Å². The second-order valence-corrected chi connectivity index (χ2v) is 6.34. The second-order valence-electron chi connectivity index (χ2n) is 6.34. The van der Waals surface area contributed by atoms with Crippen molar-refractivity contribution in [2.45, 2.75) is 31.8 Å². The third kappa shape index (κ3) is 2.33. The molecular formula is C15H26N4. The fourth-order valence-electron chi connectivity index (χ4n) is 3.77. The Hall–Kier alpha value is -0.840. The molecule has 0 radical (unpaired) electrons. The molecule has 0 bridgehead atoms. The molecule has 2 aliphatic rings. The Balaban J connectivity index is 1.90. The van der Waals surface area contributed by atoms with Gasteiger partial charge in [0.1, 0.15) is 0 Å². The Kier molecular flexibility index (Phi) is 3.41. The third-order valence-corrected chi connectivity index (χ3v) is 4.84. The van der Waals surface area contributed by atoms with Crippen molar-refractivity contribution >= 4 is 0 Å². The average molecular weight is 262 g/mol. The van der Waals surface area contributed by atoms with Gasteiger partial charge in [-0.25, -0.2) is 0 Å². The summed E-state index contributed by atoms with van der Waals surface area (Å²) in [7, 11) is 4.37. The fraction of sp³-hybridized carbons (Fsp3) is 0.733. The van der Waals surface area contributed by atoms with E-state index in [1.807, 2.05) is 0 Å². The standard InChI is InChI=1S/C15H26N4/c1-11-10-18(3)13-8-12(16)9-14(15(11)13)19-6-4-17(2)5-7-19/h10,12,14H,4-9,16H2,1-3H3. The number of nitrogens with zero attached hydrogens (tertiary/aromatic N) is 3. The van der Waals surface area contributed by atoms with Gasteiger partial charge in [-0.3, -0.25) is 4.90 Å². The average Bonchev–Trinajstić information content (AvgIpc) is 2.65. The van der Waals surface area contributed by atoms with Crippen LogP contribution in [0.3, 0.4) is 0 Å². The molecule has 4 nitrogen and oxygen atoms in total. The van der Waals surface area contributed by atoms with Crippen LogP contribution in [-0.2, 0) is 13.5 Å². The van der Waals surface area contributed by atoms with E-state index < -0.39 is 0 Å². The lowest BCUT2D eigenvalue weighted by Gasteiger charge is -2.41. The summed E-state index contributed by atoms with van der Waals surface area (Å²) >= 11 is 0. The second kappa shape index (κ2) is 4.93. The molecule has 0 saturated carbocycles. The maximum atomic E-state index is 6.30. The summed E-state index contributed by atoms with van der Waals surface area (Å²) in [5, 5.41) is 0. The molecule has 1 aromatic heterocycles. The molecule has 2 heterocycles. The predicted molar refractivity (Wildman–Crippen MR) is 78.3 cm³/mol. The summed E-state index contributed by atoms with van der Waals surface area (Å²) < 4.78 is 2.28. The third-order valence-electron chi connectivity index (χ3n) is 4.84. The van der Waals surface area contributed by atoms with Gasteiger partial charge in [-0.2, -0.15) is 0 Å². The molecule has 0 aromatic carbocycles. The highest BCUT2D eigenvalue weighted by molar-refractivity contribution is 5.37. The van der Waals surface area contributed by atoms with E-state index in [0.29, 0.717) is 12.1 Å². The topological polar surface area (TPSA) is 37.4 Å². The van der Waals surface area contributed by atoms with E-state index in [1.165, 1.54) is 37.4 Å². The van der Waals surface area contributed by atoms with E-state index >= 15 is 0 Å². The number of aryl methyl sites for hydroxylation is 2. The molecule has 1 aliphatic heterocycles. The van der Waals surface area contributed by atoms with E-state index in [4.69, 9.17) is 5.73 Å². The Labute approximate surface area is 116 Å². The number of nitrogens with two attached hydrogens (primary N) is 1. The van der Waals surface area contributed by atoms with Crippen molar-refractivity contribution < 1.29 is 0 Å². The number of fused-ring (bicyclic) bond motifs is 1. The van der Waals surface area contributed by atoms with Gasteiger partial charge in [0.25, 0.3) is 0 Å². The molecule has 3 rings (SSSR count). The van der Waals surface area contributed by atoms with Gasteiger partial charge in [-0.15, -0.1) is 0 Å². The molecule has 0 amide bonds. The zero-order valence-electron chi connectivity index (χ0n) is 12.4. The Bertz CT molecular complexity index is 457. The molecular weight excluding hydrogens is 236 g/mol. The van der Waals surface area contributed by atoms with Crippen LogP contribution in [-0.4, -0.2) is 53.6 Å². The molecule has 4 heteroatoms. The molecule has 1 aromatic rings. The SMILES string of the molecule is Cc1cn(C)c2c1C(N1CCN(C)CC1)CC(N)C2. The maximum absolute atomic E-state index is 6.30. The Morgan fingerprint density at radius 2 is 1.84 bits per heavy atom. The first kappa shape index (κ1) is 13.2. The minimum absolute atomic E-state index is 0.310. The van der Waals surface area contributed by atoms with Crippen molar-refractivity contribution in [2.24, 2.45) is 12.8 Å². The molecule has 106 valence electrons. The highest BCUT2D eigenvalue weighted by atomic mass is 15.3. The fourth-order valence-corrected chi connectivity index (χ4v) is 3.77. The first-order valence-electron chi connectivity index (χ1n) is 7.39. The number of rotatable bonds is 1. The maximum Gasteiger partial charge on any atom is 0.0384 e. The van der Waals surface area contributed by atoms with Crippen molar-refractivity contribution in [1.82, 2.24) is 14.4 Å². The first-order chi connectivity index (χ1) is 9.06. The molecule has 1 saturated heterocycles. The van der Waals surface area contributed by atoms with E-state index in [2.05, 4.69) is 41.6 Å². The number of hydrogen-bond donors (Lipinski definition) is 1. The van der Waals surface area contributed by atoms with Crippen LogP contribution in [0.2, 0.25) is 0 Å². The largest absolute Gasteiger partial charge is 0.354 e. The summed E-state index contributed by atoms with van der Waals surface area (Å²) in [6.07, 6.45) is 4.41. The molecule has 19 heavy (non-hydrogen) atoms. The summed E-state index contributed by atoms with van der Waals surface area (Å²) in [6.45, 7) is 6.93. The van der Waals surface area contributed by atoms with E-state index in [1.54, 1.807) is 5.56 Å². The van der Waals surface area contributed by atoms with Crippen molar-refractivity contribution in [2.75, 3.05) is 33.2 Å². The Morgan fingerprint density at radius 3 is 2.53 bits per heavy atom. The van der Waals surface area contributed by atoms with Gasteiger partial charge in [0.2, 0.25) is 0 Å². The molecule has 1 aliphatic carbocycles. The van der Waals surface area contributed by atoms with Crippen LogP contribution >= 0.6 is 0 Å². The number of piperazine rings is 1. The van der Waals surface area contributed by atoms with E-state index in [0.717, 1.165) is 12.8 Å². The van der Waals surface area contributed by atoms with Gasteiger partial charge >= 0.3 is 0 Å². The van der Waals surface area contributed by atoms with Gasteiger partial charge < -0.3 is 15.2 Å². The first-order valence-corrected chi connectivity index (χ1v) is 7.39. The van der Waals surface area contributed by atoms with Gasteiger partial charge in [0.15, 0.2) is 0 Å². The number of likely N-dealkylation sites (N-methyl/N-ethyl adjacent to an activating group) is 1. The number of aromatic nitrogens is 1. The molecule has 0 spiro atoms. The molecule has 2 unspecified atom stereocenters. The minimum atomic E-state index is 0.310. The number of hydrogen-bond acceptors (Lipinski definition) is 3. The quantitative estimate of drug-likeness (QED) is 0.817. The lowest BCUT2D eigenvalue weighted by Crippen LogP contribution is -2.48. The normalized spacial score (nSPS) is 29.5. The van der Waals surface area contributed by atoms with Crippen molar-refractivity contribution in [3.63, 3.8) is 0 Å². The predicted octanol–water partition coefficient (Wildman–Crippen LogP) is 0.896.